The molecule has 11 heteroatoms. The zero-order valence-electron chi connectivity index (χ0n) is 21.7. The van der Waals surface area contributed by atoms with Gasteiger partial charge in [0.05, 0.1) is 6.61 Å². The smallest absolute Gasteiger partial charge is 0.408 e. The number of methoxy groups -OCH3 is 1. The van der Waals surface area contributed by atoms with Crippen molar-refractivity contribution in [3.05, 3.63) is 93.0 Å². The zero-order valence-corrected chi connectivity index (χ0v) is 21.7. The molecule has 3 rings (SSSR count). The fourth-order valence-corrected chi connectivity index (χ4v) is 3.77. The first-order valence-electron chi connectivity index (χ1n) is 11.8. The summed E-state index contributed by atoms with van der Waals surface area (Å²) in [5, 5.41) is 5.17. The summed E-state index contributed by atoms with van der Waals surface area (Å²) in [6, 6.07) is 7.06. The number of carbonyl (C=O) groups is 2. The van der Waals surface area contributed by atoms with Crippen LogP contribution in [0.1, 0.15) is 55.0 Å². The molecule has 1 aromatic carbocycles. The van der Waals surface area contributed by atoms with Crippen molar-refractivity contribution in [3.63, 3.8) is 0 Å². The number of ether oxygens (including phenoxy) is 2. The number of anilines is 1. The normalized spacial score (nSPS) is 12.9. The zero-order chi connectivity index (χ0) is 28.0. The Balaban J connectivity index is 1.92. The molecule has 3 N–H and O–H groups in total. The first-order valence-corrected chi connectivity index (χ1v) is 11.8. The van der Waals surface area contributed by atoms with E-state index in [0.717, 1.165) is 12.3 Å². The van der Waals surface area contributed by atoms with Crippen molar-refractivity contribution in [2.75, 3.05) is 19.0 Å². The lowest BCUT2D eigenvalue weighted by atomic mass is 9.93. The minimum atomic E-state index is -1.24. The van der Waals surface area contributed by atoms with Crippen molar-refractivity contribution in [2.45, 2.75) is 45.3 Å². The Morgan fingerprint density at radius 2 is 1.84 bits per heavy atom. The summed E-state index contributed by atoms with van der Waals surface area (Å²) in [6.07, 6.45) is 1.54. The number of carbonyl (C=O) groups excluding carboxylic acids is 2. The van der Waals surface area contributed by atoms with E-state index in [-0.39, 0.29) is 23.6 Å². The van der Waals surface area contributed by atoms with Crippen LogP contribution in [0.25, 0.3) is 0 Å². The van der Waals surface area contributed by atoms with Crippen LogP contribution in [0.4, 0.5) is 19.4 Å². The van der Waals surface area contributed by atoms with Gasteiger partial charge in [0.15, 0.2) is 0 Å². The number of nitrogens with zero attached hydrogens (tertiary/aromatic N) is 1. The molecule has 0 saturated heterocycles. The van der Waals surface area contributed by atoms with Crippen LogP contribution in [-0.4, -0.2) is 41.3 Å². The molecule has 3 aromatic rings. The van der Waals surface area contributed by atoms with Crippen molar-refractivity contribution in [1.82, 2.24) is 15.3 Å². The van der Waals surface area contributed by atoms with Crippen LogP contribution in [0.2, 0.25) is 0 Å². The Morgan fingerprint density at radius 1 is 1.11 bits per heavy atom. The molecule has 0 fully saturated rings. The summed E-state index contributed by atoms with van der Waals surface area (Å²) in [6.45, 7) is 6.63. The molecule has 0 aliphatic carbocycles. The summed E-state index contributed by atoms with van der Waals surface area (Å²) in [5.74, 6) is -2.30. The Labute approximate surface area is 218 Å². The van der Waals surface area contributed by atoms with E-state index in [1.165, 1.54) is 44.5 Å². The van der Waals surface area contributed by atoms with E-state index in [9.17, 15) is 23.2 Å². The van der Waals surface area contributed by atoms with E-state index in [0.29, 0.717) is 11.1 Å². The summed E-state index contributed by atoms with van der Waals surface area (Å²) in [7, 11) is 1.45. The Kier molecular flexibility index (Phi) is 8.95. The molecule has 0 bridgehead atoms. The molecule has 2 heterocycles. The van der Waals surface area contributed by atoms with Crippen molar-refractivity contribution in [2.24, 2.45) is 0 Å². The number of nitrogens with one attached hydrogen (secondary N) is 3. The molecule has 2 aromatic heterocycles. The SMILES string of the molecule is COC[C@H](c1ccnc(NC(=O)[C@@H](NC(=O)OC(C)(C)C)c2ccc(F)c(C)c2)c1)c1cc(F)c[nH]c1=O. The van der Waals surface area contributed by atoms with E-state index in [4.69, 9.17) is 9.47 Å². The maximum absolute atomic E-state index is 13.9. The lowest BCUT2D eigenvalue weighted by Crippen LogP contribution is -2.40. The van der Waals surface area contributed by atoms with Gasteiger partial charge < -0.3 is 25.1 Å². The number of pyridine rings is 2. The van der Waals surface area contributed by atoms with Gasteiger partial charge in [0, 0.05) is 31.0 Å². The van der Waals surface area contributed by atoms with Gasteiger partial charge in [-0.25, -0.2) is 18.6 Å². The average Bonchev–Trinajstić information content (AvgIpc) is 2.83. The van der Waals surface area contributed by atoms with Gasteiger partial charge in [0.1, 0.15) is 29.1 Å². The highest BCUT2D eigenvalue weighted by Crippen LogP contribution is 2.25. The first kappa shape index (κ1) is 28.5. The molecule has 0 aliphatic heterocycles. The fraction of sp³-hybridized carbons (Fsp3) is 0.333. The first-order chi connectivity index (χ1) is 17.9. The van der Waals surface area contributed by atoms with E-state index in [2.05, 4.69) is 20.6 Å². The summed E-state index contributed by atoms with van der Waals surface area (Å²) < 4.78 is 38.3. The van der Waals surface area contributed by atoms with Gasteiger partial charge in [-0.15, -0.1) is 0 Å². The van der Waals surface area contributed by atoms with Crippen LogP contribution in [0.5, 0.6) is 0 Å². The third-order valence-electron chi connectivity index (χ3n) is 5.48. The van der Waals surface area contributed by atoms with E-state index < -0.39 is 46.8 Å². The van der Waals surface area contributed by atoms with Gasteiger partial charge in [-0.1, -0.05) is 12.1 Å². The van der Waals surface area contributed by atoms with Crippen LogP contribution < -0.4 is 16.2 Å². The topological polar surface area (TPSA) is 122 Å². The average molecular weight is 529 g/mol. The molecule has 2 amide bonds. The monoisotopic (exact) mass is 528 g/mol. The highest BCUT2D eigenvalue weighted by Gasteiger charge is 2.27. The predicted molar refractivity (Wildman–Crippen MR) is 137 cm³/mol. The second kappa shape index (κ2) is 12.0. The largest absolute Gasteiger partial charge is 0.444 e. The number of hydrogen-bond donors (Lipinski definition) is 3. The number of alkyl carbamates (subject to hydrolysis) is 1. The van der Waals surface area contributed by atoms with Gasteiger partial charge >= 0.3 is 6.09 Å². The van der Waals surface area contributed by atoms with Crippen molar-refractivity contribution in [3.8, 4) is 0 Å². The van der Waals surface area contributed by atoms with Crippen LogP contribution in [0.15, 0.2) is 53.6 Å². The maximum Gasteiger partial charge on any atom is 0.408 e. The Morgan fingerprint density at radius 3 is 2.50 bits per heavy atom. The second-order valence-electron chi connectivity index (χ2n) is 9.66. The van der Waals surface area contributed by atoms with Crippen LogP contribution >= 0.6 is 0 Å². The number of aryl methyl sites for hydroxylation is 1. The molecule has 2 atom stereocenters. The minimum Gasteiger partial charge on any atom is -0.444 e. The van der Waals surface area contributed by atoms with Crippen LogP contribution in [-0.2, 0) is 14.3 Å². The van der Waals surface area contributed by atoms with E-state index >= 15 is 0 Å². The number of halogens is 2. The molecule has 0 aliphatic rings. The molecule has 9 nitrogen and oxygen atoms in total. The van der Waals surface area contributed by atoms with E-state index in [1.54, 1.807) is 26.8 Å². The third-order valence-corrected chi connectivity index (χ3v) is 5.48. The molecular formula is C27H30F2N4O5. The Hall–Kier alpha value is -4.12. The van der Waals surface area contributed by atoms with Crippen LogP contribution in [0.3, 0.4) is 0 Å². The number of rotatable bonds is 8. The maximum atomic E-state index is 13.9. The van der Waals surface area contributed by atoms with Gasteiger partial charge in [0.2, 0.25) is 0 Å². The summed E-state index contributed by atoms with van der Waals surface area (Å²) in [5.41, 5.74) is -0.0143. The van der Waals surface area contributed by atoms with Gasteiger partial charge in [-0.05, 0) is 68.7 Å². The van der Waals surface area contributed by atoms with E-state index in [1.807, 2.05) is 0 Å². The molecular weight excluding hydrogens is 498 g/mol. The molecule has 0 spiro atoms. The number of aromatic nitrogens is 2. The van der Waals surface area contributed by atoms with Crippen molar-refractivity contribution in [1.29, 1.82) is 0 Å². The summed E-state index contributed by atoms with van der Waals surface area (Å²) >= 11 is 0. The van der Waals surface area contributed by atoms with Gasteiger partial charge in [-0.3, -0.25) is 9.59 Å². The summed E-state index contributed by atoms with van der Waals surface area (Å²) in [4.78, 5) is 44.7. The molecule has 202 valence electrons. The quantitative estimate of drug-likeness (QED) is 0.400. The third kappa shape index (κ3) is 7.45. The highest BCUT2D eigenvalue weighted by molar-refractivity contribution is 5.96. The van der Waals surface area contributed by atoms with Gasteiger partial charge in [-0.2, -0.15) is 0 Å². The number of aromatic amines is 1. The Bertz CT molecular complexity index is 1370. The molecule has 0 unspecified atom stereocenters. The minimum absolute atomic E-state index is 0.0572. The number of hydrogen-bond acceptors (Lipinski definition) is 6. The lowest BCUT2D eigenvalue weighted by Gasteiger charge is -2.24. The second-order valence-corrected chi connectivity index (χ2v) is 9.66. The molecule has 0 saturated carbocycles. The molecule has 0 radical (unpaired) electrons. The number of benzene rings is 1. The lowest BCUT2D eigenvalue weighted by molar-refractivity contribution is -0.118. The van der Waals surface area contributed by atoms with Crippen LogP contribution in [0, 0.1) is 18.6 Å². The van der Waals surface area contributed by atoms with Crippen molar-refractivity contribution < 1.29 is 27.8 Å². The van der Waals surface area contributed by atoms with Crippen molar-refractivity contribution >= 4 is 17.8 Å². The highest BCUT2D eigenvalue weighted by atomic mass is 19.1. The number of amides is 2. The standard InChI is InChI=1S/C27H30F2N4O5/c1-15-10-17(6-7-21(15)29)23(33-26(36)38-27(2,3)4)25(35)32-22-11-16(8-9-30-22)20(14-37-5)19-12-18(28)13-31-24(19)34/h6-13,20,23H,14H2,1-5H3,(H,31,34)(H,33,36)(H,30,32,35)/t20-,23+/m1/s1. The predicted octanol–water partition coefficient (Wildman–Crippen LogP) is 4.34. The fourth-order valence-electron chi connectivity index (χ4n) is 3.77. The number of H-pyrrole nitrogens is 1. The van der Waals surface area contributed by atoms with Gasteiger partial charge in [0.25, 0.3) is 11.5 Å². The molecule has 38 heavy (non-hydrogen) atoms.